The number of esters is 1. The molecular formula is C21H21Cl2N5O3. The molecule has 0 spiro atoms. The maximum atomic E-state index is 12.0. The molecule has 2 aromatic carbocycles. The molecule has 1 atom stereocenters. The second-order valence-electron chi connectivity index (χ2n) is 6.93. The van der Waals surface area contributed by atoms with Crippen LogP contribution in [0, 0.1) is 0 Å². The Balaban J connectivity index is 1.74. The van der Waals surface area contributed by atoms with Crippen LogP contribution in [0.3, 0.4) is 0 Å². The van der Waals surface area contributed by atoms with E-state index in [1.807, 2.05) is 6.07 Å². The van der Waals surface area contributed by atoms with E-state index in [1.165, 1.54) is 0 Å². The third kappa shape index (κ3) is 4.72. The monoisotopic (exact) mass is 461 g/mol. The van der Waals surface area contributed by atoms with Crippen molar-refractivity contribution in [3.8, 4) is 5.69 Å². The van der Waals surface area contributed by atoms with Crippen LogP contribution in [0.5, 0.6) is 0 Å². The van der Waals surface area contributed by atoms with Crippen LogP contribution in [0.15, 0.2) is 42.5 Å². The van der Waals surface area contributed by atoms with Crippen LogP contribution in [0.1, 0.15) is 34.7 Å². The van der Waals surface area contributed by atoms with Crippen molar-refractivity contribution in [2.45, 2.75) is 13.0 Å². The molecule has 8 nitrogen and oxygen atoms in total. The van der Waals surface area contributed by atoms with Crippen LogP contribution in [0.25, 0.3) is 5.69 Å². The molecule has 31 heavy (non-hydrogen) atoms. The fraction of sp³-hybridized carbons (Fsp3) is 0.333. The average molecular weight is 462 g/mol. The minimum atomic E-state index is -0.370. The summed E-state index contributed by atoms with van der Waals surface area (Å²) in [5.41, 5.74) is 2.04. The first-order valence-corrected chi connectivity index (χ1v) is 10.7. The molecule has 0 aliphatic carbocycles. The van der Waals surface area contributed by atoms with Gasteiger partial charge in [-0.1, -0.05) is 29.3 Å². The second-order valence-corrected chi connectivity index (χ2v) is 7.78. The summed E-state index contributed by atoms with van der Waals surface area (Å²) in [4.78, 5) is 14.2. The number of halogens is 2. The van der Waals surface area contributed by atoms with Gasteiger partial charge in [0.1, 0.15) is 0 Å². The number of hydrogen-bond acceptors (Lipinski definition) is 7. The first-order valence-electron chi connectivity index (χ1n) is 9.91. The van der Waals surface area contributed by atoms with Crippen LogP contribution in [-0.2, 0) is 9.47 Å². The first kappa shape index (κ1) is 21.7. The molecule has 1 aromatic heterocycles. The number of carbonyl (C=O) groups excluding carboxylic acids is 1. The predicted octanol–water partition coefficient (Wildman–Crippen LogP) is 3.57. The van der Waals surface area contributed by atoms with Crippen molar-refractivity contribution in [3.05, 3.63) is 69.5 Å². The number of rotatable bonds is 6. The highest BCUT2D eigenvalue weighted by Gasteiger charge is 2.31. The Morgan fingerprint density at radius 2 is 1.90 bits per heavy atom. The van der Waals surface area contributed by atoms with E-state index in [0.29, 0.717) is 54.3 Å². The fourth-order valence-corrected chi connectivity index (χ4v) is 4.07. The van der Waals surface area contributed by atoms with Gasteiger partial charge in [-0.25, -0.2) is 4.79 Å². The highest BCUT2D eigenvalue weighted by atomic mass is 35.5. The molecule has 1 saturated heterocycles. The molecule has 10 heteroatoms. The Morgan fingerprint density at radius 3 is 2.58 bits per heavy atom. The molecule has 0 N–H and O–H groups in total. The Hall–Kier alpha value is -2.52. The van der Waals surface area contributed by atoms with Gasteiger partial charge in [0.25, 0.3) is 0 Å². The smallest absolute Gasteiger partial charge is 0.338 e. The van der Waals surface area contributed by atoms with Gasteiger partial charge in [-0.15, -0.1) is 5.10 Å². The lowest BCUT2D eigenvalue weighted by Crippen LogP contribution is -2.40. The number of nitrogens with zero attached hydrogens (tertiary/aromatic N) is 5. The molecular weight excluding hydrogens is 441 g/mol. The number of morpholine rings is 1. The summed E-state index contributed by atoms with van der Waals surface area (Å²) in [5, 5.41) is 13.5. The van der Waals surface area contributed by atoms with Crippen molar-refractivity contribution >= 4 is 29.2 Å². The summed E-state index contributed by atoms with van der Waals surface area (Å²) in [5.74, 6) is 0.236. The van der Waals surface area contributed by atoms with Gasteiger partial charge in [0.15, 0.2) is 5.82 Å². The van der Waals surface area contributed by atoms with Crippen molar-refractivity contribution in [1.82, 2.24) is 25.1 Å². The van der Waals surface area contributed by atoms with Crippen LogP contribution in [0.4, 0.5) is 0 Å². The van der Waals surface area contributed by atoms with E-state index in [2.05, 4.69) is 20.4 Å². The van der Waals surface area contributed by atoms with Crippen LogP contribution in [-0.4, -0.2) is 64.0 Å². The molecule has 1 aliphatic heterocycles. The van der Waals surface area contributed by atoms with Gasteiger partial charge in [-0.2, -0.15) is 4.68 Å². The topological polar surface area (TPSA) is 82.4 Å². The van der Waals surface area contributed by atoms with Gasteiger partial charge in [-0.05, 0) is 59.3 Å². The normalized spacial score (nSPS) is 15.6. The van der Waals surface area contributed by atoms with E-state index in [9.17, 15) is 4.79 Å². The van der Waals surface area contributed by atoms with E-state index in [1.54, 1.807) is 48.0 Å². The van der Waals surface area contributed by atoms with Crippen molar-refractivity contribution in [2.75, 3.05) is 32.9 Å². The van der Waals surface area contributed by atoms with Crippen molar-refractivity contribution in [2.24, 2.45) is 0 Å². The highest BCUT2D eigenvalue weighted by molar-refractivity contribution is 6.35. The Labute approximate surface area is 189 Å². The van der Waals surface area contributed by atoms with Crippen LogP contribution in [0.2, 0.25) is 10.0 Å². The predicted molar refractivity (Wildman–Crippen MR) is 116 cm³/mol. The Kier molecular flexibility index (Phi) is 6.82. The zero-order chi connectivity index (χ0) is 21.8. The molecule has 0 saturated carbocycles. The van der Waals surface area contributed by atoms with Gasteiger partial charge in [-0.3, -0.25) is 4.90 Å². The second kappa shape index (κ2) is 9.74. The Morgan fingerprint density at radius 1 is 1.16 bits per heavy atom. The van der Waals surface area contributed by atoms with Crippen LogP contribution < -0.4 is 0 Å². The summed E-state index contributed by atoms with van der Waals surface area (Å²) >= 11 is 12.7. The zero-order valence-electron chi connectivity index (χ0n) is 16.9. The molecule has 0 amide bonds. The molecule has 3 aromatic rings. The largest absolute Gasteiger partial charge is 0.462 e. The fourth-order valence-electron chi connectivity index (χ4n) is 3.56. The Bertz CT molecular complexity index is 1050. The van der Waals surface area contributed by atoms with Crippen molar-refractivity contribution < 1.29 is 14.3 Å². The van der Waals surface area contributed by atoms with E-state index in [-0.39, 0.29) is 12.0 Å². The summed E-state index contributed by atoms with van der Waals surface area (Å²) in [6.07, 6.45) is 0. The molecule has 0 bridgehead atoms. The van der Waals surface area contributed by atoms with E-state index in [4.69, 9.17) is 32.7 Å². The summed E-state index contributed by atoms with van der Waals surface area (Å²) in [7, 11) is 0. The summed E-state index contributed by atoms with van der Waals surface area (Å²) in [6, 6.07) is 12.1. The minimum absolute atomic E-state index is 0.298. The average Bonchev–Trinajstić information content (AvgIpc) is 3.26. The molecule has 1 fully saturated rings. The van der Waals surface area contributed by atoms with Crippen LogP contribution >= 0.6 is 23.2 Å². The maximum Gasteiger partial charge on any atom is 0.338 e. The molecule has 162 valence electrons. The standard InChI is InChI=1S/C21H21Cl2N5O3/c1-2-31-21(29)14-3-6-16(7-4-14)28-20(24-25-26-28)19(27-9-11-30-12-10-27)17-8-5-15(22)13-18(17)23/h3-8,13,19H,2,9-12H2,1H3. The summed E-state index contributed by atoms with van der Waals surface area (Å²) < 4.78 is 12.2. The van der Waals surface area contributed by atoms with Gasteiger partial charge in [0.05, 0.1) is 37.1 Å². The number of hydrogen-bond donors (Lipinski definition) is 0. The van der Waals surface area contributed by atoms with Gasteiger partial charge >= 0.3 is 5.97 Å². The van der Waals surface area contributed by atoms with E-state index in [0.717, 1.165) is 11.3 Å². The SMILES string of the molecule is CCOC(=O)c1ccc(-n2nnnc2C(c2ccc(Cl)cc2Cl)N2CCOCC2)cc1. The van der Waals surface area contributed by atoms with Gasteiger partial charge in [0.2, 0.25) is 0 Å². The van der Waals surface area contributed by atoms with Gasteiger partial charge < -0.3 is 9.47 Å². The lowest BCUT2D eigenvalue weighted by molar-refractivity contribution is 0.0220. The third-order valence-corrected chi connectivity index (χ3v) is 5.59. The molecule has 0 radical (unpaired) electrons. The quantitative estimate of drug-likeness (QED) is 0.518. The molecule has 1 unspecified atom stereocenters. The van der Waals surface area contributed by atoms with E-state index < -0.39 is 0 Å². The first-order chi connectivity index (χ1) is 15.1. The zero-order valence-corrected chi connectivity index (χ0v) is 18.4. The third-order valence-electron chi connectivity index (χ3n) is 5.03. The molecule has 4 rings (SSSR count). The van der Waals surface area contributed by atoms with Crippen molar-refractivity contribution in [3.63, 3.8) is 0 Å². The lowest BCUT2D eigenvalue weighted by atomic mass is 10.0. The van der Waals surface area contributed by atoms with Crippen molar-refractivity contribution in [1.29, 1.82) is 0 Å². The van der Waals surface area contributed by atoms with E-state index >= 15 is 0 Å². The highest BCUT2D eigenvalue weighted by Crippen LogP contribution is 2.34. The minimum Gasteiger partial charge on any atom is -0.462 e. The number of carbonyl (C=O) groups is 1. The number of aromatic nitrogens is 4. The number of ether oxygens (including phenoxy) is 2. The lowest BCUT2D eigenvalue weighted by Gasteiger charge is -2.34. The number of benzene rings is 2. The maximum absolute atomic E-state index is 12.0. The summed E-state index contributed by atoms with van der Waals surface area (Å²) in [6.45, 7) is 4.72. The molecule has 1 aliphatic rings. The number of tetrazole rings is 1. The van der Waals surface area contributed by atoms with Gasteiger partial charge in [0, 0.05) is 23.1 Å². The molecule has 2 heterocycles.